The minimum Gasteiger partial charge on any atom is -0.357 e. The molecular weight excluding hydrogens is 413 g/mol. The number of hydrogen-bond acceptors (Lipinski definition) is 5. The SMILES string of the molecule is Cc1nc(-c2ccc(C(F)(F)F)cc2)sc1C(=O)Nc1ccc(N2CCCC2)nc1. The third-order valence-corrected chi connectivity index (χ3v) is 6.10. The number of amides is 1. The van der Waals surface area contributed by atoms with Gasteiger partial charge in [-0.2, -0.15) is 13.2 Å². The van der Waals surface area contributed by atoms with E-state index in [1.807, 2.05) is 12.1 Å². The van der Waals surface area contributed by atoms with Crippen LogP contribution in [0.5, 0.6) is 0 Å². The number of anilines is 2. The zero-order valence-corrected chi connectivity index (χ0v) is 17.0. The number of alkyl halides is 3. The molecule has 0 radical (unpaired) electrons. The molecule has 1 amide bonds. The van der Waals surface area contributed by atoms with Gasteiger partial charge in [0.15, 0.2) is 0 Å². The number of nitrogens with zero attached hydrogens (tertiary/aromatic N) is 3. The van der Waals surface area contributed by atoms with Crippen LogP contribution in [0, 0.1) is 6.92 Å². The zero-order valence-electron chi connectivity index (χ0n) is 16.2. The van der Waals surface area contributed by atoms with Gasteiger partial charge in [-0.05, 0) is 44.0 Å². The van der Waals surface area contributed by atoms with Crippen LogP contribution in [0.25, 0.3) is 10.6 Å². The monoisotopic (exact) mass is 432 g/mol. The average molecular weight is 432 g/mol. The maximum atomic E-state index is 12.7. The lowest BCUT2D eigenvalue weighted by Gasteiger charge is -2.16. The van der Waals surface area contributed by atoms with Crippen LogP contribution in [0.1, 0.15) is 33.8 Å². The molecule has 3 aromatic rings. The number of aryl methyl sites for hydroxylation is 1. The lowest BCUT2D eigenvalue weighted by Crippen LogP contribution is -2.19. The summed E-state index contributed by atoms with van der Waals surface area (Å²) in [5.74, 6) is 0.572. The molecule has 0 atom stereocenters. The summed E-state index contributed by atoms with van der Waals surface area (Å²) in [6, 6.07) is 8.45. The molecule has 0 saturated carbocycles. The number of hydrogen-bond donors (Lipinski definition) is 1. The van der Waals surface area contributed by atoms with Gasteiger partial charge in [0.05, 0.1) is 23.1 Å². The number of benzene rings is 1. The Kier molecular flexibility index (Phi) is 5.46. The van der Waals surface area contributed by atoms with Crippen molar-refractivity contribution in [1.82, 2.24) is 9.97 Å². The summed E-state index contributed by atoms with van der Waals surface area (Å²) < 4.78 is 38.2. The van der Waals surface area contributed by atoms with Crippen LogP contribution in [-0.4, -0.2) is 29.0 Å². The Balaban J connectivity index is 1.48. The number of thiazole rings is 1. The van der Waals surface area contributed by atoms with Crippen LogP contribution in [0.3, 0.4) is 0 Å². The van der Waals surface area contributed by atoms with Crippen molar-refractivity contribution in [3.05, 3.63) is 58.7 Å². The molecule has 3 heterocycles. The summed E-state index contributed by atoms with van der Waals surface area (Å²) in [5.41, 5.74) is 0.912. The average Bonchev–Trinajstić information content (AvgIpc) is 3.38. The molecule has 1 N–H and O–H groups in total. The lowest BCUT2D eigenvalue weighted by atomic mass is 10.1. The van der Waals surface area contributed by atoms with E-state index in [0.717, 1.165) is 55.2 Å². The molecule has 5 nitrogen and oxygen atoms in total. The van der Waals surface area contributed by atoms with E-state index in [-0.39, 0.29) is 5.91 Å². The smallest absolute Gasteiger partial charge is 0.357 e. The van der Waals surface area contributed by atoms with E-state index >= 15 is 0 Å². The summed E-state index contributed by atoms with van der Waals surface area (Å²) in [6.45, 7) is 3.69. The first-order valence-corrected chi connectivity index (χ1v) is 10.3. The van der Waals surface area contributed by atoms with Gasteiger partial charge >= 0.3 is 6.18 Å². The fraction of sp³-hybridized carbons (Fsp3) is 0.286. The Labute approximate surface area is 175 Å². The van der Waals surface area contributed by atoms with Crippen LogP contribution < -0.4 is 10.2 Å². The molecule has 1 aromatic carbocycles. The van der Waals surface area contributed by atoms with Gasteiger partial charge in [0.2, 0.25) is 0 Å². The van der Waals surface area contributed by atoms with Gasteiger partial charge < -0.3 is 10.2 Å². The summed E-state index contributed by atoms with van der Waals surface area (Å²) >= 11 is 1.14. The van der Waals surface area contributed by atoms with Crippen LogP contribution in [0.2, 0.25) is 0 Å². The molecule has 156 valence electrons. The number of aromatic nitrogens is 2. The second-order valence-electron chi connectivity index (χ2n) is 7.06. The highest BCUT2D eigenvalue weighted by Gasteiger charge is 2.30. The number of carbonyl (C=O) groups excluding carboxylic acids is 1. The molecule has 30 heavy (non-hydrogen) atoms. The Bertz CT molecular complexity index is 1040. The normalized spacial score (nSPS) is 14.2. The summed E-state index contributed by atoms with van der Waals surface area (Å²) in [4.78, 5) is 24.1. The van der Waals surface area contributed by atoms with Crippen LogP contribution in [0.15, 0.2) is 42.6 Å². The molecule has 1 fully saturated rings. The molecule has 0 spiro atoms. The van der Waals surface area contributed by atoms with Crippen LogP contribution >= 0.6 is 11.3 Å². The van der Waals surface area contributed by atoms with Crippen molar-refractivity contribution < 1.29 is 18.0 Å². The van der Waals surface area contributed by atoms with Gasteiger partial charge in [-0.3, -0.25) is 4.79 Å². The third-order valence-electron chi connectivity index (χ3n) is 4.90. The topological polar surface area (TPSA) is 58.1 Å². The van der Waals surface area contributed by atoms with E-state index in [0.29, 0.717) is 26.8 Å². The third kappa shape index (κ3) is 4.30. The highest BCUT2D eigenvalue weighted by Crippen LogP contribution is 2.33. The first-order valence-electron chi connectivity index (χ1n) is 9.49. The van der Waals surface area contributed by atoms with Crippen molar-refractivity contribution in [3.63, 3.8) is 0 Å². The van der Waals surface area contributed by atoms with Gasteiger partial charge in [-0.25, -0.2) is 9.97 Å². The van der Waals surface area contributed by atoms with Crippen LogP contribution in [0.4, 0.5) is 24.7 Å². The van der Waals surface area contributed by atoms with Gasteiger partial charge in [0.25, 0.3) is 5.91 Å². The highest BCUT2D eigenvalue weighted by atomic mass is 32.1. The molecule has 0 unspecified atom stereocenters. The molecule has 1 saturated heterocycles. The highest BCUT2D eigenvalue weighted by molar-refractivity contribution is 7.17. The summed E-state index contributed by atoms with van der Waals surface area (Å²) in [6.07, 6.45) is -0.447. The predicted molar refractivity (Wildman–Crippen MR) is 111 cm³/mol. The minimum atomic E-state index is -4.39. The molecule has 1 aliphatic heterocycles. The second kappa shape index (κ2) is 8.06. The quantitative estimate of drug-likeness (QED) is 0.601. The molecule has 0 bridgehead atoms. The zero-order chi connectivity index (χ0) is 21.3. The van der Waals surface area contributed by atoms with E-state index in [2.05, 4.69) is 20.2 Å². The fourth-order valence-corrected chi connectivity index (χ4v) is 4.28. The number of halogens is 3. The van der Waals surface area contributed by atoms with Crippen molar-refractivity contribution in [3.8, 4) is 10.6 Å². The maximum absolute atomic E-state index is 12.7. The Morgan fingerprint density at radius 2 is 1.80 bits per heavy atom. The second-order valence-corrected chi connectivity index (χ2v) is 8.06. The molecule has 4 rings (SSSR count). The van der Waals surface area contributed by atoms with E-state index in [4.69, 9.17) is 0 Å². The van der Waals surface area contributed by atoms with Crippen molar-refractivity contribution in [2.75, 3.05) is 23.3 Å². The van der Waals surface area contributed by atoms with Gasteiger partial charge in [-0.1, -0.05) is 12.1 Å². The molecular formula is C21H19F3N4OS. The van der Waals surface area contributed by atoms with Gasteiger partial charge in [0, 0.05) is 18.7 Å². The van der Waals surface area contributed by atoms with Crippen LogP contribution in [-0.2, 0) is 6.18 Å². The first-order chi connectivity index (χ1) is 14.3. The van der Waals surface area contributed by atoms with Crippen molar-refractivity contribution in [2.45, 2.75) is 25.9 Å². The number of nitrogens with one attached hydrogen (secondary N) is 1. The maximum Gasteiger partial charge on any atom is 0.416 e. The van der Waals surface area contributed by atoms with Crippen molar-refractivity contribution in [1.29, 1.82) is 0 Å². The van der Waals surface area contributed by atoms with E-state index in [1.165, 1.54) is 12.1 Å². The van der Waals surface area contributed by atoms with Gasteiger partial charge in [-0.15, -0.1) is 11.3 Å². The number of carbonyl (C=O) groups is 1. The Morgan fingerprint density at radius 1 is 1.10 bits per heavy atom. The summed E-state index contributed by atoms with van der Waals surface area (Å²) in [7, 11) is 0. The van der Waals surface area contributed by atoms with Gasteiger partial charge in [0.1, 0.15) is 15.7 Å². The molecule has 9 heteroatoms. The lowest BCUT2D eigenvalue weighted by molar-refractivity contribution is -0.137. The largest absolute Gasteiger partial charge is 0.416 e. The Morgan fingerprint density at radius 3 is 2.40 bits per heavy atom. The number of pyridine rings is 1. The van der Waals surface area contributed by atoms with E-state index in [1.54, 1.807) is 13.1 Å². The fourth-order valence-electron chi connectivity index (χ4n) is 3.31. The van der Waals surface area contributed by atoms with Crippen molar-refractivity contribution >= 4 is 28.7 Å². The molecule has 1 aliphatic rings. The summed E-state index contributed by atoms with van der Waals surface area (Å²) in [5, 5.41) is 3.31. The van der Waals surface area contributed by atoms with E-state index in [9.17, 15) is 18.0 Å². The first kappa shape index (κ1) is 20.3. The molecule has 2 aromatic heterocycles. The Hall–Kier alpha value is -2.94. The number of rotatable bonds is 4. The standard InChI is InChI=1S/C21H19F3N4OS/c1-13-18(30-20(26-13)14-4-6-15(7-5-14)21(22,23)24)19(29)27-16-8-9-17(25-12-16)28-10-2-3-11-28/h4-9,12H,2-3,10-11H2,1H3,(H,27,29). The minimum absolute atomic E-state index is 0.320. The molecule has 0 aliphatic carbocycles. The van der Waals surface area contributed by atoms with E-state index < -0.39 is 11.7 Å². The van der Waals surface area contributed by atoms with Crippen molar-refractivity contribution in [2.24, 2.45) is 0 Å². The predicted octanol–water partition coefficient (Wildman–Crippen LogP) is 5.38.